The molecule has 0 atom stereocenters. The van der Waals surface area contributed by atoms with Gasteiger partial charge in [0, 0.05) is 35.4 Å². The molecule has 2 aromatic carbocycles. The van der Waals surface area contributed by atoms with Crippen molar-refractivity contribution in [2.45, 2.75) is 9.88 Å². The average molecular weight is 513 g/mol. The van der Waals surface area contributed by atoms with E-state index >= 15 is 0 Å². The summed E-state index contributed by atoms with van der Waals surface area (Å²) in [6.07, 6.45) is 0. The Morgan fingerprint density at radius 1 is 0.759 bits per heavy atom. The second kappa shape index (κ2) is 14.0. The molecule has 29 heavy (non-hydrogen) atoms. The third kappa shape index (κ3) is 9.59. The van der Waals surface area contributed by atoms with E-state index in [2.05, 4.69) is 9.88 Å². The molecule has 0 aliphatic heterocycles. The van der Waals surface area contributed by atoms with Gasteiger partial charge in [0.25, 0.3) is 23.2 Å². The molecule has 2 rings (SSSR count). The Labute approximate surface area is 175 Å². The molecule has 13 heteroatoms. The van der Waals surface area contributed by atoms with E-state index in [4.69, 9.17) is 10.4 Å². The van der Waals surface area contributed by atoms with Gasteiger partial charge in [-0.2, -0.15) is 0 Å². The number of carbonyl (C=O) groups is 2. The SMILES string of the molecule is O=C(NO)c1ccc([N+](=O)[O-])cc1.O=C(NO)c1ccc([N+](=O)[O-])cc1.[CH3][Sn][CH3]. The van der Waals surface area contributed by atoms with Gasteiger partial charge in [-0.1, -0.05) is 0 Å². The summed E-state index contributed by atoms with van der Waals surface area (Å²) in [7, 11) is 0. The molecule has 12 nitrogen and oxygen atoms in total. The molecule has 0 heterocycles. The summed E-state index contributed by atoms with van der Waals surface area (Å²) in [4.78, 5) is 45.4. The monoisotopic (exact) mass is 514 g/mol. The fraction of sp³-hybridized carbons (Fsp3) is 0.125. The zero-order valence-corrected chi connectivity index (χ0v) is 18.2. The van der Waals surface area contributed by atoms with Gasteiger partial charge in [-0.25, -0.2) is 11.0 Å². The Morgan fingerprint density at radius 2 is 1.00 bits per heavy atom. The van der Waals surface area contributed by atoms with Crippen molar-refractivity contribution in [3.8, 4) is 0 Å². The Morgan fingerprint density at radius 3 is 1.17 bits per heavy atom. The third-order valence-corrected chi connectivity index (χ3v) is 2.88. The van der Waals surface area contributed by atoms with E-state index in [1.54, 1.807) is 0 Å². The van der Waals surface area contributed by atoms with Gasteiger partial charge in [0.15, 0.2) is 0 Å². The molecule has 0 aliphatic carbocycles. The molecule has 0 fully saturated rings. The number of hydrogen-bond acceptors (Lipinski definition) is 8. The van der Waals surface area contributed by atoms with E-state index in [9.17, 15) is 29.8 Å². The topological polar surface area (TPSA) is 185 Å². The molecule has 0 aromatic heterocycles. The molecule has 0 unspecified atom stereocenters. The van der Waals surface area contributed by atoms with Gasteiger partial charge in [0.1, 0.15) is 0 Å². The first-order valence-electron chi connectivity index (χ1n) is 7.68. The Hall–Kier alpha value is -3.10. The summed E-state index contributed by atoms with van der Waals surface area (Å²) in [5.74, 6) is -1.40. The number of carbonyl (C=O) groups excluding carboxylic acids is 2. The number of amides is 2. The first-order chi connectivity index (χ1) is 13.7. The summed E-state index contributed by atoms with van der Waals surface area (Å²) in [6, 6.07) is 9.76. The van der Waals surface area contributed by atoms with Crippen LogP contribution in [0.25, 0.3) is 0 Å². The van der Waals surface area contributed by atoms with Crippen molar-refractivity contribution < 1.29 is 29.9 Å². The summed E-state index contributed by atoms with van der Waals surface area (Å²) >= 11 is 0.230. The first-order valence-corrected chi connectivity index (χ1v) is 13.4. The van der Waals surface area contributed by atoms with Gasteiger partial charge in [-0.05, 0) is 24.3 Å². The Bertz CT molecular complexity index is 758. The van der Waals surface area contributed by atoms with Gasteiger partial charge in [0.05, 0.1) is 9.85 Å². The van der Waals surface area contributed by atoms with Crippen molar-refractivity contribution >= 4 is 44.3 Å². The predicted octanol–water partition coefficient (Wildman–Crippen LogP) is 2.21. The molecule has 4 N–H and O–H groups in total. The molecule has 2 aromatic rings. The Balaban J connectivity index is 0.000000477. The van der Waals surface area contributed by atoms with Gasteiger partial charge in [-0.15, -0.1) is 0 Å². The van der Waals surface area contributed by atoms with Crippen molar-refractivity contribution in [3.63, 3.8) is 0 Å². The standard InChI is InChI=1S/2C7H6N2O4.2CH3.Sn/c2*10-7(8-11)5-1-3-6(4-2-5)9(12)13;;;/h2*1-4,11H,(H,8,10);2*1H3;. The predicted molar refractivity (Wildman–Crippen MR) is 102 cm³/mol. The normalized spacial score (nSPS) is 8.97. The Kier molecular flexibility index (Phi) is 12.5. The van der Waals surface area contributed by atoms with Crippen molar-refractivity contribution in [3.05, 3.63) is 79.9 Å². The van der Waals surface area contributed by atoms with Crippen LogP contribution in [0.5, 0.6) is 0 Å². The van der Waals surface area contributed by atoms with Crippen molar-refractivity contribution in [1.82, 2.24) is 11.0 Å². The summed E-state index contributed by atoms with van der Waals surface area (Å²) in [5.41, 5.74) is 2.96. The number of benzene rings is 2. The molecule has 0 aliphatic rings. The molecule has 154 valence electrons. The fourth-order valence-electron chi connectivity index (χ4n) is 1.60. The van der Waals surface area contributed by atoms with Crippen molar-refractivity contribution in [2.75, 3.05) is 0 Å². The van der Waals surface area contributed by atoms with Crippen LogP contribution >= 0.6 is 0 Å². The van der Waals surface area contributed by atoms with Crippen molar-refractivity contribution in [2.24, 2.45) is 0 Å². The quantitative estimate of drug-likeness (QED) is 0.208. The second-order valence-corrected chi connectivity index (χ2v) is 7.84. The number of rotatable bonds is 4. The first kappa shape index (κ1) is 25.9. The van der Waals surface area contributed by atoms with Crippen LogP contribution in [0.15, 0.2) is 48.5 Å². The minimum absolute atomic E-state index is 0.102. The van der Waals surface area contributed by atoms with Crippen LogP contribution in [0.4, 0.5) is 11.4 Å². The minimum atomic E-state index is -0.699. The zero-order valence-electron chi connectivity index (χ0n) is 15.4. The van der Waals surface area contributed by atoms with E-state index in [0.717, 1.165) is 0 Å². The average Bonchev–Trinajstić information content (AvgIpc) is 2.73. The van der Waals surface area contributed by atoms with Crippen molar-refractivity contribution in [1.29, 1.82) is 0 Å². The number of nitro benzene ring substituents is 2. The van der Waals surface area contributed by atoms with Gasteiger partial charge < -0.3 is 0 Å². The molecular formula is C16H18N4O8Sn. The summed E-state index contributed by atoms with van der Waals surface area (Å²) in [5, 5.41) is 36.9. The molecule has 0 saturated heterocycles. The number of hydrogen-bond donors (Lipinski definition) is 4. The molecule has 2 amide bonds. The number of nitrogens with zero attached hydrogens (tertiary/aromatic N) is 2. The van der Waals surface area contributed by atoms with Crippen LogP contribution < -0.4 is 11.0 Å². The van der Waals surface area contributed by atoms with Crippen LogP contribution in [-0.4, -0.2) is 53.2 Å². The van der Waals surface area contributed by atoms with E-state index in [1.165, 1.54) is 59.5 Å². The van der Waals surface area contributed by atoms with E-state index < -0.39 is 21.7 Å². The second-order valence-electron chi connectivity index (χ2n) is 4.99. The molecule has 0 spiro atoms. The van der Waals surface area contributed by atoms with Crippen LogP contribution in [0, 0.1) is 20.2 Å². The van der Waals surface area contributed by atoms with Gasteiger partial charge in [0.2, 0.25) is 0 Å². The summed E-state index contributed by atoms with van der Waals surface area (Å²) in [6.45, 7) is 0. The molecular weight excluding hydrogens is 495 g/mol. The van der Waals surface area contributed by atoms with Crippen LogP contribution in [0.2, 0.25) is 9.88 Å². The van der Waals surface area contributed by atoms with E-state index in [-0.39, 0.29) is 43.6 Å². The molecule has 2 radical (unpaired) electrons. The number of hydroxylamine groups is 2. The third-order valence-electron chi connectivity index (χ3n) is 2.88. The molecule has 0 saturated carbocycles. The van der Waals surface area contributed by atoms with Gasteiger partial charge in [-0.3, -0.25) is 40.2 Å². The summed E-state index contributed by atoms with van der Waals surface area (Å²) < 4.78 is 0. The number of nitro groups is 2. The number of non-ortho nitro benzene ring substituents is 2. The zero-order chi connectivity index (χ0) is 22.4. The van der Waals surface area contributed by atoms with Crippen LogP contribution in [0.1, 0.15) is 20.7 Å². The maximum atomic E-state index is 10.8. The fourth-order valence-corrected chi connectivity index (χ4v) is 1.60. The van der Waals surface area contributed by atoms with Gasteiger partial charge >= 0.3 is 31.0 Å². The van der Waals surface area contributed by atoms with E-state index in [0.29, 0.717) is 0 Å². The maximum absolute atomic E-state index is 10.8. The van der Waals surface area contributed by atoms with E-state index in [1.807, 2.05) is 0 Å². The number of nitrogens with one attached hydrogen (secondary N) is 2. The molecule has 0 bridgehead atoms. The van der Waals surface area contributed by atoms with Crippen LogP contribution in [0.3, 0.4) is 0 Å². The van der Waals surface area contributed by atoms with Crippen LogP contribution in [-0.2, 0) is 0 Å².